The molecule has 0 spiro atoms. The maximum absolute atomic E-state index is 12.6. The zero-order chi connectivity index (χ0) is 21.6. The zero-order valence-electron chi connectivity index (χ0n) is 17.2. The summed E-state index contributed by atoms with van der Waals surface area (Å²) in [4.78, 5) is 29.3. The van der Waals surface area contributed by atoms with Gasteiger partial charge in [0.25, 0.3) is 5.91 Å². The number of para-hydroxylation sites is 1. The highest BCUT2D eigenvalue weighted by molar-refractivity contribution is 6.10. The molecule has 0 radical (unpaired) electrons. The number of aryl methyl sites for hydroxylation is 1. The van der Waals surface area contributed by atoms with Gasteiger partial charge < -0.3 is 4.74 Å². The molecule has 0 fully saturated rings. The molecule has 0 aromatic heterocycles. The SMILES string of the molecule is CCc1ccc(C2CC(=O)NC(NC(=O)c3ccc(Oc4ccccc4)cc3)=N2)cc1. The second-order valence-corrected chi connectivity index (χ2v) is 7.23. The summed E-state index contributed by atoms with van der Waals surface area (Å²) in [7, 11) is 0. The summed E-state index contributed by atoms with van der Waals surface area (Å²) in [6, 6.07) is 23.9. The first-order valence-electron chi connectivity index (χ1n) is 10.2. The van der Waals surface area contributed by atoms with Crippen LogP contribution in [0.2, 0.25) is 0 Å². The average Bonchev–Trinajstić information content (AvgIpc) is 2.80. The minimum Gasteiger partial charge on any atom is -0.457 e. The van der Waals surface area contributed by atoms with Crippen molar-refractivity contribution in [2.45, 2.75) is 25.8 Å². The number of aliphatic imine (C=N–C) groups is 1. The highest BCUT2D eigenvalue weighted by Crippen LogP contribution is 2.24. The highest BCUT2D eigenvalue weighted by atomic mass is 16.5. The van der Waals surface area contributed by atoms with Gasteiger partial charge in [0.05, 0.1) is 12.5 Å². The molecule has 0 saturated heterocycles. The van der Waals surface area contributed by atoms with E-state index < -0.39 is 0 Å². The van der Waals surface area contributed by atoms with E-state index in [1.54, 1.807) is 24.3 Å². The third kappa shape index (κ3) is 5.17. The lowest BCUT2D eigenvalue weighted by atomic mass is 10.0. The van der Waals surface area contributed by atoms with Gasteiger partial charge in [-0.25, -0.2) is 4.99 Å². The Morgan fingerprint density at radius 3 is 2.35 bits per heavy atom. The molecule has 31 heavy (non-hydrogen) atoms. The van der Waals surface area contributed by atoms with Gasteiger partial charge in [0.15, 0.2) is 0 Å². The van der Waals surface area contributed by atoms with Crippen molar-refractivity contribution in [1.82, 2.24) is 10.6 Å². The minimum absolute atomic E-state index is 0.162. The molecule has 1 unspecified atom stereocenters. The van der Waals surface area contributed by atoms with Crippen molar-refractivity contribution < 1.29 is 14.3 Å². The Hall–Kier alpha value is -3.93. The molecule has 1 heterocycles. The van der Waals surface area contributed by atoms with E-state index in [-0.39, 0.29) is 30.2 Å². The summed E-state index contributed by atoms with van der Waals surface area (Å²) in [6.07, 6.45) is 1.20. The summed E-state index contributed by atoms with van der Waals surface area (Å²) in [6.45, 7) is 2.09. The number of hydrogen-bond donors (Lipinski definition) is 2. The van der Waals surface area contributed by atoms with E-state index in [0.29, 0.717) is 11.3 Å². The van der Waals surface area contributed by atoms with Crippen LogP contribution in [0.25, 0.3) is 0 Å². The topological polar surface area (TPSA) is 79.8 Å². The van der Waals surface area contributed by atoms with Crippen molar-refractivity contribution in [3.8, 4) is 11.5 Å². The predicted octanol–water partition coefficient (Wildman–Crippen LogP) is 4.39. The molecule has 6 heteroatoms. The van der Waals surface area contributed by atoms with E-state index in [2.05, 4.69) is 22.5 Å². The maximum atomic E-state index is 12.6. The smallest absolute Gasteiger partial charge is 0.257 e. The molecule has 3 aromatic carbocycles. The molecule has 6 nitrogen and oxygen atoms in total. The Balaban J connectivity index is 1.44. The fourth-order valence-corrected chi connectivity index (χ4v) is 3.30. The van der Waals surface area contributed by atoms with Gasteiger partial charge in [-0.1, -0.05) is 49.4 Å². The minimum atomic E-state index is -0.354. The van der Waals surface area contributed by atoms with Crippen LogP contribution >= 0.6 is 0 Å². The van der Waals surface area contributed by atoms with Gasteiger partial charge in [0.2, 0.25) is 11.9 Å². The fraction of sp³-hybridized carbons (Fsp3) is 0.160. The Bertz CT molecular complexity index is 1090. The van der Waals surface area contributed by atoms with Gasteiger partial charge in [-0.15, -0.1) is 0 Å². The summed E-state index contributed by atoms with van der Waals surface area (Å²) < 4.78 is 5.74. The van der Waals surface area contributed by atoms with Crippen molar-refractivity contribution in [2.24, 2.45) is 4.99 Å². The van der Waals surface area contributed by atoms with E-state index in [1.807, 2.05) is 54.6 Å². The molecule has 4 rings (SSSR count). The molecule has 2 amide bonds. The molecule has 1 aliphatic heterocycles. The summed E-state index contributed by atoms with van der Waals surface area (Å²) >= 11 is 0. The number of carbonyl (C=O) groups excluding carboxylic acids is 2. The highest BCUT2D eigenvalue weighted by Gasteiger charge is 2.23. The van der Waals surface area contributed by atoms with Crippen LogP contribution in [0.4, 0.5) is 0 Å². The molecule has 2 N–H and O–H groups in total. The summed E-state index contributed by atoms with van der Waals surface area (Å²) in [5, 5.41) is 5.33. The first-order valence-corrected chi connectivity index (χ1v) is 10.2. The zero-order valence-corrected chi connectivity index (χ0v) is 17.2. The van der Waals surface area contributed by atoms with E-state index in [0.717, 1.165) is 17.7 Å². The normalized spacial score (nSPS) is 15.6. The first kappa shape index (κ1) is 20.3. The Morgan fingerprint density at radius 1 is 1.00 bits per heavy atom. The Labute approximate surface area is 181 Å². The number of nitrogens with one attached hydrogen (secondary N) is 2. The van der Waals surface area contributed by atoms with Crippen LogP contribution < -0.4 is 15.4 Å². The molecule has 0 bridgehead atoms. The largest absolute Gasteiger partial charge is 0.457 e. The fourth-order valence-electron chi connectivity index (χ4n) is 3.30. The van der Waals surface area contributed by atoms with Crippen molar-refractivity contribution in [1.29, 1.82) is 0 Å². The maximum Gasteiger partial charge on any atom is 0.257 e. The van der Waals surface area contributed by atoms with Crippen molar-refractivity contribution in [3.05, 3.63) is 95.6 Å². The quantitative estimate of drug-likeness (QED) is 0.651. The van der Waals surface area contributed by atoms with Crippen molar-refractivity contribution >= 4 is 17.8 Å². The van der Waals surface area contributed by atoms with Gasteiger partial charge in [-0.2, -0.15) is 0 Å². The van der Waals surface area contributed by atoms with Gasteiger partial charge >= 0.3 is 0 Å². The van der Waals surface area contributed by atoms with Gasteiger partial charge in [0.1, 0.15) is 11.5 Å². The number of ether oxygens (including phenoxy) is 1. The third-order valence-corrected chi connectivity index (χ3v) is 5.02. The molecule has 0 aliphatic carbocycles. The molecular weight excluding hydrogens is 390 g/mol. The molecule has 3 aromatic rings. The van der Waals surface area contributed by atoms with Crippen LogP contribution in [-0.4, -0.2) is 17.8 Å². The van der Waals surface area contributed by atoms with E-state index >= 15 is 0 Å². The number of nitrogens with zero attached hydrogens (tertiary/aromatic N) is 1. The lowest BCUT2D eigenvalue weighted by Gasteiger charge is -2.21. The van der Waals surface area contributed by atoms with Gasteiger partial charge in [-0.3, -0.25) is 20.2 Å². The molecule has 1 aliphatic rings. The number of amides is 2. The molecule has 1 atom stereocenters. The van der Waals surface area contributed by atoms with Crippen LogP contribution in [0.1, 0.15) is 40.9 Å². The second kappa shape index (κ2) is 9.26. The lowest BCUT2D eigenvalue weighted by molar-refractivity contribution is -0.120. The summed E-state index contributed by atoms with van der Waals surface area (Å²) in [5.41, 5.74) is 2.61. The number of rotatable bonds is 5. The lowest BCUT2D eigenvalue weighted by Crippen LogP contribution is -2.47. The Morgan fingerprint density at radius 2 is 1.68 bits per heavy atom. The predicted molar refractivity (Wildman–Crippen MR) is 119 cm³/mol. The van der Waals surface area contributed by atoms with E-state index in [9.17, 15) is 9.59 Å². The molecule has 0 saturated carbocycles. The van der Waals surface area contributed by atoms with E-state index in [4.69, 9.17) is 4.74 Å². The van der Waals surface area contributed by atoms with Gasteiger partial charge in [0, 0.05) is 5.56 Å². The van der Waals surface area contributed by atoms with Crippen LogP contribution in [0.5, 0.6) is 11.5 Å². The van der Waals surface area contributed by atoms with Crippen LogP contribution in [0.15, 0.2) is 83.9 Å². The standard InChI is InChI=1S/C25H23N3O3/c1-2-17-8-10-18(11-9-17)22-16-23(29)27-25(26-22)28-24(30)19-12-14-21(15-13-19)31-20-6-4-3-5-7-20/h3-15,22H,2,16H2,1H3,(H2,26,27,28,29,30). The average molecular weight is 413 g/mol. The molecular formula is C25H23N3O3. The number of guanidine groups is 1. The van der Waals surface area contributed by atoms with E-state index in [1.165, 1.54) is 5.56 Å². The first-order chi connectivity index (χ1) is 15.1. The van der Waals surface area contributed by atoms with Crippen molar-refractivity contribution in [3.63, 3.8) is 0 Å². The second-order valence-electron chi connectivity index (χ2n) is 7.23. The van der Waals surface area contributed by atoms with Crippen LogP contribution in [-0.2, 0) is 11.2 Å². The number of carbonyl (C=O) groups is 2. The van der Waals surface area contributed by atoms with Crippen LogP contribution in [0, 0.1) is 0 Å². The third-order valence-electron chi connectivity index (χ3n) is 5.02. The number of hydrogen-bond acceptors (Lipinski definition) is 4. The Kier molecular flexibility index (Phi) is 6.08. The van der Waals surface area contributed by atoms with Crippen LogP contribution in [0.3, 0.4) is 0 Å². The molecule has 156 valence electrons. The number of benzene rings is 3. The monoisotopic (exact) mass is 413 g/mol. The van der Waals surface area contributed by atoms with Crippen molar-refractivity contribution in [2.75, 3.05) is 0 Å². The van der Waals surface area contributed by atoms with Gasteiger partial charge in [-0.05, 0) is 53.9 Å². The summed E-state index contributed by atoms with van der Waals surface area (Å²) in [5.74, 6) is 0.975.